The van der Waals surface area contributed by atoms with Gasteiger partial charge in [0, 0.05) is 44.7 Å². The van der Waals surface area contributed by atoms with Gasteiger partial charge in [0.25, 0.3) is 0 Å². The second-order valence-electron chi connectivity index (χ2n) is 8.32. The number of amides is 2. The van der Waals surface area contributed by atoms with E-state index in [9.17, 15) is 9.59 Å². The van der Waals surface area contributed by atoms with E-state index in [4.69, 9.17) is 5.73 Å². The molecule has 4 rings (SSSR count). The van der Waals surface area contributed by atoms with Crippen molar-refractivity contribution in [3.05, 3.63) is 12.3 Å². The van der Waals surface area contributed by atoms with Crippen molar-refractivity contribution in [3.63, 3.8) is 0 Å². The standard InChI is InChI=1S/C20H30N6O2/c1-2-4-18(27)23-10-16-14-9-13(15-5-3-6-19(28)26(15)16)11-25(12-14)17-7-8-22-20(21)24-17/h7-8,13-16H,2-6,9-12H2,1H3,(H,23,27)(H2,21,22,24)/t13-,14+,15+,16+/m1/s1. The van der Waals surface area contributed by atoms with E-state index in [0.29, 0.717) is 31.2 Å². The highest BCUT2D eigenvalue weighted by Gasteiger charge is 2.49. The van der Waals surface area contributed by atoms with Gasteiger partial charge in [0.1, 0.15) is 5.82 Å². The summed E-state index contributed by atoms with van der Waals surface area (Å²) < 4.78 is 0. The molecule has 0 aromatic carbocycles. The molecule has 8 nitrogen and oxygen atoms in total. The highest BCUT2D eigenvalue weighted by molar-refractivity contribution is 5.79. The van der Waals surface area contributed by atoms with E-state index in [1.54, 1.807) is 6.20 Å². The van der Waals surface area contributed by atoms with E-state index in [2.05, 4.69) is 25.1 Å². The summed E-state index contributed by atoms with van der Waals surface area (Å²) in [4.78, 5) is 37.7. The van der Waals surface area contributed by atoms with Gasteiger partial charge in [-0.05, 0) is 43.6 Å². The third-order valence-corrected chi connectivity index (χ3v) is 6.47. The van der Waals surface area contributed by atoms with E-state index in [0.717, 1.165) is 44.6 Å². The zero-order valence-corrected chi connectivity index (χ0v) is 16.5. The molecule has 1 aromatic rings. The minimum absolute atomic E-state index is 0.0526. The number of carbonyl (C=O) groups excluding carboxylic acids is 2. The molecule has 3 saturated heterocycles. The van der Waals surface area contributed by atoms with Gasteiger partial charge in [-0.3, -0.25) is 9.59 Å². The molecule has 0 aliphatic carbocycles. The number of carbonyl (C=O) groups is 2. The first-order valence-corrected chi connectivity index (χ1v) is 10.5. The predicted molar refractivity (Wildman–Crippen MR) is 106 cm³/mol. The van der Waals surface area contributed by atoms with Crippen molar-refractivity contribution in [2.75, 3.05) is 30.3 Å². The molecule has 3 N–H and O–H groups in total. The highest BCUT2D eigenvalue weighted by Crippen LogP contribution is 2.42. The summed E-state index contributed by atoms with van der Waals surface area (Å²) in [6.45, 7) is 4.24. The van der Waals surface area contributed by atoms with Gasteiger partial charge < -0.3 is 20.9 Å². The normalized spacial score (nSPS) is 29.4. The molecular weight excluding hydrogens is 356 g/mol. The largest absolute Gasteiger partial charge is 0.368 e. The van der Waals surface area contributed by atoms with Gasteiger partial charge in [0.2, 0.25) is 17.8 Å². The van der Waals surface area contributed by atoms with Gasteiger partial charge in [-0.2, -0.15) is 4.98 Å². The molecule has 0 spiro atoms. The molecule has 152 valence electrons. The van der Waals surface area contributed by atoms with Gasteiger partial charge in [0.15, 0.2) is 0 Å². The first-order valence-electron chi connectivity index (χ1n) is 10.5. The van der Waals surface area contributed by atoms with Crippen LogP contribution in [0.1, 0.15) is 45.4 Å². The Labute approximate surface area is 165 Å². The number of fused-ring (bicyclic) bond motifs is 4. The average Bonchev–Trinajstić information content (AvgIpc) is 2.68. The Hall–Kier alpha value is -2.38. The minimum atomic E-state index is 0.0526. The summed E-state index contributed by atoms with van der Waals surface area (Å²) in [7, 11) is 0. The van der Waals surface area contributed by atoms with E-state index in [1.807, 2.05) is 13.0 Å². The van der Waals surface area contributed by atoms with Crippen LogP contribution < -0.4 is 16.0 Å². The summed E-state index contributed by atoms with van der Waals surface area (Å²) >= 11 is 0. The van der Waals surface area contributed by atoms with Crippen LogP contribution in [0.25, 0.3) is 0 Å². The fraction of sp³-hybridized carbons (Fsp3) is 0.700. The number of nitrogens with zero attached hydrogens (tertiary/aromatic N) is 4. The van der Waals surface area contributed by atoms with Crippen LogP contribution in [0.3, 0.4) is 0 Å². The van der Waals surface area contributed by atoms with Crippen LogP contribution in [-0.2, 0) is 9.59 Å². The molecule has 1 aromatic heterocycles. The first kappa shape index (κ1) is 19.0. The monoisotopic (exact) mass is 386 g/mol. The maximum atomic E-state index is 12.8. The molecule has 8 heteroatoms. The van der Waals surface area contributed by atoms with Crippen molar-refractivity contribution in [2.24, 2.45) is 11.8 Å². The van der Waals surface area contributed by atoms with Crippen LogP contribution in [0, 0.1) is 11.8 Å². The summed E-state index contributed by atoms with van der Waals surface area (Å²) in [6.07, 6.45) is 6.78. The summed E-state index contributed by atoms with van der Waals surface area (Å²) in [6, 6.07) is 2.21. The van der Waals surface area contributed by atoms with Gasteiger partial charge in [-0.25, -0.2) is 4.98 Å². The molecule has 3 aliphatic heterocycles. The fourth-order valence-electron chi connectivity index (χ4n) is 5.30. The predicted octanol–water partition coefficient (Wildman–Crippen LogP) is 1.18. The molecule has 3 aliphatic rings. The molecule has 0 saturated carbocycles. The molecule has 4 atom stereocenters. The van der Waals surface area contributed by atoms with Crippen molar-refractivity contribution < 1.29 is 9.59 Å². The van der Waals surface area contributed by atoms with Crippen LogP contribution in [-0.4, -0.2) is 58.4 Å². The number of aromatic nitrogens is 2. The SMILES string of the molecule is CCCC(=O)NC[C@H]1[C@H]2C[C@H](CN(c3ccnc(N)n3)C2)[C@@H]2CCCC(=O)N21. The van der Waals surface area contributed by atoms with E-state index in [1.165, 1.54) is 0 Å². The lowest BCUT2D eigenvalue weighted by Gasteiger charge is -2.56. The van der Waals surface area contributed by atoms with E-state index in [-0.39, 0.29) is 29.8 Å². The second kappa shape index (κ2) is 7.93. The van der Waals surface area contributed by atoms with Crippen LogP contribution in [0.4, 0.5) is 11.8 Å². The Morgan fingerprint density at radius 1 is 1.36 bits per heavy atom. The topological polar surface area (TPSA) is 104 Å². The number of piperidine rings is 3. The van der Waals surface area contributed by atoms with Crippen molar-refractivity contribution in [3.8, 4) is 0 Å². The zero-order valence-electron chi connectivity index (χ0n) is 16.5. The maximum Gasteiger partial charge on any atom is 0.223 e. The lowest BCUT2D eigenvalue weighted by Crippen LogP contribution is -2.67. The number of hydrogen-bond donors (Lipinski definition) is 2. The Morgan fingerprint density at radius 3 is 2.96 bits per heavy atom. The summed E-state index contributed by atoms with van der Waals surface area (Å²) in [5.74, 6) is 2.21. The van der Waals surface area contributed by atoms with E-state index < -0.39 is 0 Å². The van der Waals surface area contributed by atoms with Crippen molar-refractivity contribution >= 4 is 23.6 Å². The quantitative estimate of drug-likeness (QED) is 0.787. The van der Waals surface area contributed by atoms with Crippen LogP contribution >= 0.6 is 0 Å². The molecular formula is C20H30N6O2. The molecule has 2 bridgehead atoms. The van der Waals surface area contributed by atoms with Crippen LogP contribution in [0.15, 0.2) is 12.3 Å². The van der Waals surface area contributed by atoms with E-state index >= 15 is 0 Å². The van der Waals surface area contributed by atoms with Gasteiger partial charge >= 0.3 is 0 Å². The summed E-state index contributed by atoms with van der Waals surface area (Å²) in [5.41, 5.74) is 5.79. The molecule has 4 heterocycles. The van der Waals surface area contributed by atoms with Crippen molar-refractivity contribution in [1.29, 1.82) is 0 Å². The average molecular weight is 387 g/mol. The van der Waals surface area contributed by atoms with Gasteiger partial charge in [-0.1, -0.05) is 6.92 Å². The third kappa shape index (κ3) is 3.64. The van der Waals surface area contributed by atoms with Crippen molar-refractivity contribution in [1.82, 2.24) is 20.2 Å². The van der Waals surface area contributed by atoms with Gasteiger partial charge in [0.05, 0.1) is 6.04 Å². The molecule has 0 unspecified atom stereocenters. The smallest absolute Gasteiger partial charge is 0.223 e. The fourth-order valence-corrected chi connectivity index (χ4v) is 5.30. The number of anilines is 2. The Kier molecular flexibility index (Phi) is 5.37. The lowest BCUT2D eigenvalue weighted by atomic mass is 9.72. The molecule has 2 amide bonds. The minimum Gasteiger partial charge on any atom is -0.368 e. The number of hydrogen-bond acceptors (Lipinski definition) is 6. The number of rotatable bonds is 5. The number of nitrogens with one attached hydrogen (secondary N) is 1. The Bertz CT molecular complexity index is 741. The van der Waals surface area contributed by atoms with Crippen molar-refractivity contribution in [2.45, 2.75) is 57.5 Å². The highest BCUT2D eigenvalue weighted by atomic mass is 16.2. The molecule has 0 radical (unpaired) electrons. The molecule has 3 fully saturated rings. The summed E-state index contributed by atoms with van der Waals surface area (Å²) in [5, 5.41) is 3.08. The Morgan fingerprint density at radius 2 is 2.18 bits per heavy atom. The first-order chi connectivity index (χ1) is 13.6. The van der Waals surface area contributed by atoms with Crippen LogP contribution in [0.2, 0.25) is 0 Å². The third-order valence-electron chi connectivity index (χ3n) is 6.47. The van der Waals surface area contributed by atoms with Gasteiger partial charge in [-0.15, -0.1) is 0 Å². The number of nitrogen functional groups attached to an aromatic ring is 1. The zero-order chi connectivity index (χ0) is 19.7. The van der Waals surface area contributed by atoms with Crippen LogP contribution in [0.5, 0.6) is 0 Å². The lowest BCUT2D eigenvalue weighted by molar-refractivity contribution is -0.149. The Balaban J connectivity index is 1.57. The number of nitrogens with two attached hydrogens (primary N) is 1. The molecule has 28 heavy (non-hydrogen) atoms. The maximum absolute atomic E-state index is 12.8. The second-order valence-corrected chi connectivity index (χ2v) is 8.32.